The van der Waals surface area contributed by atoms with Gasteiger partial charge >= 0.3 is 0 Å². The first-order valence-corrected chi connectivity index (χ1v) is 8.34. The first kappa shape index (κ1) is 13.9. The molecule has 0 saturated carbocycles. The highest BCUT2D eigenvalue weighted by molar-refractivity contribution is 8.23. The molecule has 105 valence electrons. The van der Waals surface area contributed by atoms with Crippen LogP contribution in [0.25, 0.3) is 0 Å². The van der Waals surface area contributed by atoms with Crippen molar-refractivity contribution < 1.29 is 4.79 Å². The summed E-state index contributed by atoms with van der Waals surface area (Å²) >= 11 is 0. The summed E-state index contributed by atoms with van der Waals surface area (Å²) in [6.45, 7) is 4.19. The number of hydrogen-bond donors (Lipinski definition) is 1. The van der Waals surface area contributed by atoms with Crippen molar-refractivity contribution >= 4 is 16.7 Å². The predicted octanol–water partition coefficient (Wildman–Crippen LogP) is 4.92. The molecule has 0 N–H and O–H groups in total. The average molecular weight is 293 g/mol. The quantitative estimate of drug-likeness (QED) is 0.628. The lowest BCUT2D eigenvalue weighted by atomic mass is 9.99. The lowest BCUT2D eigenvalue weighted by Gasteiger charge is -2.15. The summed E-state index contributed by atoms with van der Waals surface area (Å²) in [5.41, 5.74) is 2.74. The normalized spacial score (nSPS) is 19.5. The van der Waals surface area contributed by atoms with Crippen LogP contribution in [0.1, 0.15) is 24.2 Å². The number of ketones is 1. The highest BCUT2D eigenvalue weighted by atomic mass is 32.2. The highest BCUT2D eigenvalue weighted by Crippen LogP contribution is 2.53. The molecule has 1 atom stereocenters. The summed E-state index contributed by atoms with van der Waals surface area (Å²) in [6.07, 6.45) is 0. The maximum Gasteiger partial charge on any atom is 0.193 e. The van der Waals surface area contributed by atoms with Gasteiger partial charge in [-0.1, -0.05) is 42.5 Å². The number of carbonyl (C=O) groups is 1. The molecule has 1 heterocycles. The fourth-order valence-corrected chi connectivity index (χ4v) is 4.73. The highest BCUT2D eigenvalue weighted by Gasteiger charge is 2.24. The van der Waals surface area contributed by atoms with Crippen LogP contribution in [0.2, 0.25) is 0 Å². The Labute approximate surface area is 128 Å². The van der Waals surface area contributed by atoms with Gasteiger partial charge in [-0.05, 0) is 52.8 Å². The number of carbonyl (C=O) groups excluding carboxylic acids is 1. The fraction of sp³-hybridized carbons (Fsp3) is 0.105. The van der Waals surface area contributed by atoms with Gasteiger partial charge in [0.05, 0.1) is 0 Å². The number of rotatable bonds is 3. The van der Waals surface area contributed by atoms with Crippen LogP contribution in [0.5, 0.6) is 0 Å². The molecule has 1 nitrogen and oxygen atoms in total. The maximum absolute atomic E-state index is 12.7. The van der Waals surface area contributed by atoms with E-state index in [1.807, 2.05) is 42.5 Å². The first-order valence-electron chi connectivity index (χ1n) is 6.93. The van der Waals surface area contributed by atoms with E-state index in [-0.39, 0.29) is 5.78 Å². The topological polar surface area (TPSA) is 17.1 Å². The molecular weight excluding hydrogens is 276 g/mol. The van der Waals surface area contributed by atoms with Crippen LogP contribution in [-0.4, -0.2) is 5.78 Å². The Morgan fingerprint density at radius 2 is 1.67 bits per heavy atom. The van der Waals surface area contributed by atoms with Crippen LogP contribution in [0.3, 0.4) is 0 Å². The fourth-order valence-electron chi connectivity index (χ4n) is 2.48. The van der Waals surface area contributed by atoms with E-state index in [0.717, 1.165) is 16.7 Å². The second kappa shape index (κ2) is 5.74. The molecule has 1 unspecified atom stereocenters. The Morgan fingerprint density at radius 3 is 2.33 bits per heavy atom. The van der Waals surface area contributed by atoms with E-state index in [4.69, 9.17) is 0 Å². The van der Waals surface area contributed by atoms with Gasteiger partial charge < -0.3 is 0 Å². The van der Waals surface area contributed by atoms with Gasteiger partial charge in [0.15, 0.2) is 5.78 Å². The Balaban J connectivity index is 1.99. The number of Topliss-reactive ketones (excluding diaryl/α,β-unsaturated/α-hetero) is 1. The van der Waals surface area contributed by atoms with Gasteiger partial charge in [0.1, 0.15) is 0 Å². The number of allylic oxidation sites excluding steroid dienone is 3. The lowest BCUT2D eigenvalue weighted by molar-refractivity contribution is 0.103. The molecule has 0 saturated heterocycles. The molecule has 0 amide bonds. The van der Waals surface area contributed by atoms with Crippen LogP contribution in [-0.2, 0) is 0 Å². The van der Waals surface area contributed by atoms with Crippen LogP contribution >= 0.6 is 10.9 Å². The second-order valence-corrected chi connectivity index (χ2v) is 7.26. The molecule has 0 spiro atoms. The minimum absolute atomic E-state index is 0.125. The van der Waals surface area contributed by atoms with Crippen LogP contribution < -0.4 is 0 Å². The predicted molar refractivity (Wildman–Crippen MR) is 89.8 cm³/mol. The average Bonchev–Trinajstić information content (AvgIpc) is 2.84. The maximum atomic E-state index is 12.7. The van der Waals surface area contributed by atoms with E-state index >= 15 is 0 Å². The third-order valence-corrected chi connectivity index (χ3v) is 6.25. The molecule has 2 aromatic rings. The van der Waals surface area contributed by atoms with Crippen molar-refractivity contribution in [2.24, 2.45) is 0 Å². The molecule has 2 aromatic carbocycles. The van der Waals surface area contributed by atoms with Gasteiger partial charge in [0.2, 0.25) is 0 Å². The van der Waals surface area contributed by atoms with Crippen molar-refractivity contribution in [2.75, 3.05) is 0 Å². The van der Waals surface area contributed by atoms with E-state index in [9.17, 15) is 4.79 Å². The molecule has 1 aliphatic rings. The molecule has 0 fully saturated rings. The lowest BCUT2D eigenvalue weighted by Crippen LogP contribution is -2.02. The monoisotopic (exact) mass is 293 g/mol. The zero-order chi connectivity index (χ0) is 14.8. The molecule has 1 radical (unpaired) electrons. The Bertz CT molecular complexity index is 727. The second-order valence-electron chi connectivity index (χ2n) is 5.08. The summed E-state index contributed by atoms with van der Waals surface area (Å²) in [5.74, 6) is 0.125. The van der Waals surface area contributed by atoms with E-state index in [1.54, 1.807) is 0 Å². The number of hydrogen-bond acceptors (Lipinski definition) is 1. The molecule has 1 aliphatic heterocycles. The largest absolute Gasteiger partial charge is 0.289 e. The number of benzene rings is 2. The van der Waals surface area contributed by atoms with E-state index in [2.05, 4.69) is 37.5 Å². The molecule has 0 bridgehead atoms. The summed E-state index contributed by atoms with van der Waals surface area (Å²) in [7, 11) is -0.526. The van der Waals surface area contributed by atoms with Gasteiger partial charge in [-0.2, -0.15) is 10.9 Å². The van der Waals surface area contributed by atoms with E-state index < -0.39 is 10.9 Å². The smallest absolute Gasteiger partial charge is 0.193 e. The molecule has 0 aliphatic carbocycles. The number of thiol groups is 1. The van der Waals surface area contributed by atoms with Crippen LogP contribution in [0.15, 0.2) is 81.0 Å². The standard InChI is InChI=1S/C19H17OS/c1-14-15(2)21(17-11-7-4-8-12-17)13-18(14)19(20)16-9-5-3-6-10-16/h3,5-13,21H,1-2H3. The Morgan fingerprint density at radius 1 is 1.00 bits per heavy atom. The van der Waals surface area contributed by atoms with Gasteiger partial charge in [-0.3, -0.25) is 4.79 Å². The molecule has 2 heteroatoms. The molecule has 21 heavy (non-hydrogen) atoms. The van der Waals surface area contributed by atoms with Gasteiger partial charge in [-0.25, -0.2) is 0 Å². The van der Waals surface area contributed by atoms with Gasteiger partial charge in [-0.15, -0.1) is 0 Å². The van der Waals surface area contributed by atoms with Crippen molar-refractivity contribution in [3.63, 3.8) is 0 Å². The van der Waals surface area contributed by atoms with Crippen molar-refractivity contribution in [3.8, 4) is 0 Å². The summed E-state index contributed by atoms with van der Waals surface area (Å²) in [5, 5.41) is 2.16. The summed E-state index contributed by atoms with van der Waals surface area (Å²) < 4.78 is 0. The zero-order valence-corrected chi connectivity index (χ0v) is 13.0. The minimum Gasteiger partial charge on any atom is -0.289 e. The first-order chi connectivity index (χ1) is 10.2. The SMILES string of the molecule is CC1=C(C)[SH](c2cc[c]cc2)C=C1C(=O)c1ccccc1. The Kier molecular flexibility index (Phi) is 3.80. The third-order valence-electron chi connectivity index (χ3n) is 3.83. The Hall–Kier alpha value is -2.06. The van der Waals surface area contributed by atoms with Crippen LogP contribution in [0, 0.1) is 6.07 Å². The van der Waals surface area contributed by atoms with Crippen LogP contribution in [0.4, 0.5) is 0 Å². The van der Waals surface area contributed by atoms with Gasteiger partial charge in [0.25, 0.3) is 0 Å². The van der Waals surface area contributed by atoms with Crippen molar-refractivity contribution in [1.29, 1.82) is 0 Å². The molecular formula is C19H17OS. The minimum atomic E-state index is -0.526. The zero-order valence-electron chi connectivity index (χ0n) is 12.1. The summed E-state index contributed by atoms with van der Waals surface area (Å²) in [4.78, 5) is 15.3. The third kappa shape index (κ3) is 2.59. The van der Waals surface area contributed by atoms with Crippen molar-refractivity contribution in [1.82, 2.24) is 0 Å². The molecule has 3 rings (SSSR count). The van der Waals surface area contributed by atoms with E-state index in [1.165, 1.54) is 9.80 Å². The van der Waals surface area contributed by atoms with E-state index in [0.29, 0.717) is 0 Å². The van der Waals surface area contributed by atoms with Crippen molar-refractivity contribution in [3.05, 3.63) is 87.7 Å². The van der Waals surface area contributed by atoms with Crippen molar-refractivity contribution in [2.45, 2.75) is 18.7 Å². The molecule has 0 aromatic heterocycles. The van der Waals surface area contributed by atoms with Gasteiger partial charge in [0, 0.05) is 11.1 Å². The summed E-state index contributed by atoms with van der Waals surface area (Å²) in [6, 6.07) is 20.6.